The van der Waals surface area contributed by atoms with E-state index in [0.29, 0.717) is 12.5 Å². The van der Waals surface area contributed by atoms with Gasteiger partial charge in [0.2, 0.25) is 0 Å². The molecule has 1 aromatic heterocycles. The van der Waals surface area contributed by atoms with Crippen LogP contribution in [0, 0.1) is 13.8 Å². The van der Waals surface area contributed by atoms with Gasteiger partial charge in [-0.05, 0) is 45.6 Å². The van der Waals surface area contributed by atoms with Gasteiger partial charge >= 0.3 is 0 Å². The maximum atomic E-state index is 12.1. The number of carbonyl (C=O) groups excluding carboxylic acids is 1. The normalized spacial score (nSPS) is 20.5. The van der Waals surface area contributed by atoms with Crippen LogP contribution in [0.2, 0.25) is 0 Å². The van der Waals surface area contributed by atoms with Crippen molar-refractivity contribution in [2.45, 2.75) is 52.1 Å². The molecule has 1 unspecified atom stereocenters. The summed E-state index contributed by atoms with van der Waals surface area (Å²) in [7, 11) is 0. The number of hydrogen-bond acceptors (Lipinski definition) is 3. The van der Waals surface area contributed by atoms with Crippen molar-refractivity contribution in [3.05, 3.63) is 21.4 Å². The molecule has 1 aromatic rings. The van der Waals surface area contributed by atoms with E-state index in [1.807, 2.05) is 13.0 Å². The number of Topliss-reactive ketones (excluding diaryl/α,β-unsaturated/α-hetero) is 1. The number of thiophene rings is 1. The minimum atomic E-state index is 0.279. The van der Waals surface area contributed by atoms with E-state index in [4.69, 9.17) is 4.74 Å². The van der Waals surface area contributed by atoms with Gasteiger partial charge in [-0.2, -0.15) is 0 Å². The summed E-state index contributed by atoms with van der Waals surface area (Å²) >= 11 is 1.71. The highest BCUT2D eigenvalue weighted by Crippen LogP contribution is 2.24. The van der Waals surface area contributed by atoms with Crippen LogP contribution >= 0.6 is 11.3 Å². The Morgan fingerprint density at radius 1 is 1.47 bits per heavy atom. The summed E-state index contributed by atoms with van der Waals surface area (Å²) in [5.74, 6) is 0.279. The highest BCUT2D eigenvalue weighted by Gasteiger charge is 2.17. The molecule has 0 aromatic carbocycles. The van der Waals surface area contributed by atoms with E-state index in [-0.39, 0.29) is 5.78 Å². The molecule has 0 radical (unpaired) electrons. The average Bonchev–Trinajstić information content (AvgIpc) is 2.67. The minimum Gasteiger partial charge on any atom is -0.378 e. The lowest BCUT2D eigenvalue weighted by Gasteiger charge is -2.22. The number of carbonyl (C=O) groups is 1. The fourth-order valence-electron chi connectivity index (χ4n) is 2.37. The van der Waals surface area contributed by atoms with Crippen LogP contribution in [-0.4, -0.2) is 18.5 Å². The van der Waals surface area contributed by atoms with Crippen LogP contribution in [0.3, 0.4) is 0 Å². The van der Waals surface area contributed by atoms with Gasteiger partial charge in [0.25, 0.3) is 0 Å². The Hall–Kier alpha value is -0.670. The average molecular weight is 252 g/mol. The summed E-state index contributed by atoms with van der Waals surface area (Å²) in [4.78, 5) is 14.4. The molecule has 0 bridgehead atoms. The second kappa shape index (κ2) is 5.78. The quantitative estimate of drug-likeness (QED) is 0.760. The van der Waals surface area contributed by atoms with Gasteiger partial charge in [-0.3, -0.25) is 4.79 Å². The second-order valence-electron chi connectivity index (χ2n) is 4.78. The summed E-state index contributed by atoms with van der Waals surface area (Å²) in [6, 6.07) is 2.02. The van der Waals surface area contributed by atoms with Crippen molar-refractivity contribution in [1.82, 2.24) is 0 Å². The molecule has 0 saturated carbocycles. The maximum absolute atomic E-state index is 12.1. The first-order valence-electron chi connectivity index (χ1n) is 6.38. The van der Waals surface area contributed by atoms with Crippen molar-refractivity contribution in [3.63, 3.8) is 0 Å². The third-order valence-electron chi connectivity index (χ3n) is 3.31. The van der Waals surface area contributed by atoms with Crippen molar-refractivity contribution < 1.29 is 9.53 Å². The predicted octanol–water partition coefficient (Wildman–Crippen LogP) is 3.90. The zero-order chi connectivity index (χ0) is 12.3. The summed E-state index contributed by atoms with van der Waals surface area (Å²) in [6.45, 7) is 4.95. The van der Waals surface area contributed by atoms with E-state index in [1.165, 1.54) is 17.7 Å². The molecule has 94 valence electrons. The van der Waals surface area contributed by atoms with E-state index < -0.39 is 0 Å². The molecule has 0 N–H and O–H groups in total. The smallest absolute Gasteiger partial charge is 0.164 e. The van der Waals surface area contributed by atoms with Gasteiger partial charge in [0.1, 0.15) is 0 Å². The van der Waals surface area contributed by atoms with Crippen molar-refractivity contribution in [3.8, 4) is 0 Å². The summed E-state index contributed by atoms with van der Waals surface area (Å²) in [6.07, 6.45) is 5.36. The van der Waals surface area contributed by atoms with Crippen LogP contribution < -0.4 is 0 Å². The highest BCUT2D eigenvalue weighted by atomic mass is 32.1. The third-order valence-corrected chi connectivity index (χ3v) is 4.27. The molecule has 3 heteroatoms. The monoisotopic (exact) mass is 252 g/mol. The molecule has 0 aliphatic carbocycles. The van der Waals surface area contributed by atoms with Crippen molar-refractivity contribution in [1.29, 1.82) is 0 Å². The predicted molar refractivity (Wildman–Crippen MR) is 70.9 cm³/mol. The Labute approximate surface area is 107 Å². The Kier molecular flexibility index (Phi) is 4.35. The fourth-order valence-corrected chi connectivity index (χ4v) is 3.31. The molecular weight excluding hydrogens is 232 g/mol. The Balaban J connectivity index is 1.86. The Bertz CT molecular complexity index is 389. The Morgan fingerprint density at radius 3 is 2.88 bits per heavy atom. The molecule has 17 heavy (non-hydrogen) atoms. The van der Waals surface area contributed by atoms with Crippen LogP contribution in [-0.2, 0) is 4.74 Å². The summed E-state index contributed by atoms with van der Waals surface area (Å²) in [5.41, 5.74) is 0.920. The Morgan fingerprint density at radius 2 is 2.29 bits per heavy atom. The van der Waals surface area contributed by atoms with Crippen LogP contribution in [0.25, 0.3) is 0 Å². The van der Waals surface area contributed by atoms with Gasteiger partial charge in [-0.25, -0.2) is 0 Å². The van der Waals surface area contributed by atoms with E-state index in [9.17, 15) is 4.79 Å². The van der Waals surface area contributed by atoms with E-state index in [1.54, 1.807) is 11.3 Å². The first-order chi connectivity index (χ1) is 8.16. The zero-order valence-electron chi connectivity index (χ0n) is 10.6. The molecule has 1 aliphatic rings. The molecule has 0 spiro atoms. The van der Waals surface area contributed by atoms with Gasteiger partial charge < -0.3 is 4.74 Å². The van der Waals surface area contributed by atoms with Gasteiger partial charge in [0.15, 0.2) is 5.78 Å². The van der Waals surface area contributed by atoms with Crippen molar-refractivity contribution >= 4 is 17.1 Å². The van der Waals surface area contributed by atoms with Crippen molar-refractivity contribution in [2.24, 2.45) is 0 Å². The molecule has 1 fully saturated rings. The van der Waals surface area contributed by atoms with Gasteiger partial charge in [-0.15, -0.1) is 11.3 Å². The van der Waals surface area contributed by atoms with Crippen LogP contribution in [0.5, 0.6) is 0 Å². The zero-order valence-corrected chi connectivity index (χ0v) is 11.4. The molecule has 2 rings (SSSR count). The van der Waals surface area contributed by atoms with Crippen molar-refractivity contribution in [2.75, 3.05) is 6.61 Å². The lowest BCUT2D eigenvalue weighted by Crippen LogP contribution is -2.20. The molecule has 0 amide bonds. The van der Waals surface area contributed by atoms with Crippen LogP contribution in [0.1, 0.15) is 52.2 Å². The number of rotatable bonds is 4. The first-order valence-corrected chi connectivity index (χ1v) is 7.20. The van der Waals surface area contributed by atoms with Gasteiger partial charge in [0.05, 0.1) is 6.10 Å². The molecule has 2 heterocycles. The maximum Gasteiger partial charge on any atom is 0.164 e. The minimum absolute atomic E-state index is 0.279. The standard InChI is InChI=1S/C14H20O2S/c1-10-9-13(11(2)17-10)14(15)7-6-12-5-3-4-8-16-12/h9,12H,3-8H2,1-2H3. The lowest BCUT2D eigenvalue weighted by molar-refractivity contribution is 0.0104. The topological polar surface area (TPSA) is 26.3 Å². The van der Waals surface area contributed by atoms with Gasteiger partial charge in [-0.1, -0.05) is 0 Å². The fraction of sp³-hybridized carbons (Fsp3) is 0.643. The van der Waals surface area contributed by atoms with E-state index in [0.717, 1.165) is 29.9 Å². The number of aryl methyl sites for hydroxylation is 2. The van der Waals surface area contributed by atoms with E-state index >= 15 is 0 Å². The lowest BCUT2D eigenvalue weighted by atomic mass is 10.0. The summed E-state index contributed by atoms with van der Waals surface area (Å²) < 4.78 is 5.65. The molecule has 1 aliphatic heterocycles. The molecule has 1 saturated heterocycles. The number of ketones is 1. The number of hydrogen-bond donors (Lipinski definition) is 0. The largest absolute Gasteiger partial charge is 0.378 e. The highest BCUT2D eigenvalue weighted by molar-refractivity contribution is 7.12. The van der Waals surface area contributed by atoms with E-state index in [2.05, 4.69) is 6.92 Å². The van der Waals surface area contributed by atoms with Gasteiger partial charge in [0, 0.05) is 28.3 Å². The SMILES string of the molecule is Cc1cc(C(=O)CCC2CCCCO2)c(C)s1. The summed E-state index contributed by atoms with van der Waals surface area (Å²) in [5, 5.41) is 0. The first kappa shape index (κ1) is 12.8. The third kappa shape index (κ3) is 3.39. The number of ether oxygens (including phenoxy) is 1. The van der Waals surface area contributed by atoms with Crippen LogP contribution in [0.15, 0.2) is 6.07 Å². The molecular formula is C14H20O2S. The molecule has 1 atom stereocenters. The second-order valence-corrected chi connectivity index (χ2v) is 6.24. The van der Waals surface area contributed by atoms with Crippen LogP contribution in [0.4, 0.5) is 0 Å². The molecule has 2 nitrogen and oxygen atoms in total.